The first-order valence-corrected chi connectivity index (χ1v) is 4.35. The highest BCUT2D eigenvalue weighted by Crippen LogP contribution is 2.13. The molecule has 0 unspecified atom stereocenters. The summed E-state index contributed by atoms with van der Waals surface area (Å²) in [6.45, 7) is 4.41. The largest absolute Gasteiger partial charge is 0.488 e. The number of hydrogen-bond donors (Lipinski definition) is 1. The average molecular weight is 198 g/mol. The van der Waals surface area contributed by atoms with E-state index in [4.69, 9.17) is 22.1 Å². The Morgan fingerprint density at radius 2 is 2.00 bits per heavy atom. The summed E-state index contributed by atoms with van der Waals surface area (Å²) in [5, 5.41) is 0.489. The van der Waals surface area contributed by atoms with Gasteiger partial charge in [0.2, 0.25) is 0 Å². The first-order valence-electron chi connectivity index (χ1n) is 3.97. The summed E-state index contributed by atoms with van der Waals surface area (Å²) in [7, 11) is 0. The van der Waals surface area contributed by atoms with Crippen molar-refractivity contribution in [2.24, 2.45) is 5.73 Å². The number of ether oxygens (including phenoxy) is 1. The molecule has 0 aliphatic heterocycles. The standard InChI is InChI=1S/C10H12ClNO/c1-8(11)7-13-10-4-2-9(6-12)3-5-10/h2-5H,1,6-7,12H2. The fraction of sp³-hybridized carbons (Fsp3) is 0.200. The molecule has 0 aromatic heterocycles. The second kappa shape index (κ2) is 4.90. The van der Waals surface area contributed by atoms with Crippen LogP contribution in [0.4, 0.5) is 0 Å². The molecule has 0 atom stereocenters. The fourth-order valence-corrected chi connectivity index (χ4v) is 0.938. The van der Waals surface area contributed by atoms with Crippen LogP contribution >= 0.6 is 11.6 Å². The van der Waals surface area contributed by atoms with Crippen molar-refractivity contribution in [3.8, 4) is 5.75 Å². The van der Waals surface area contributed by atoms with E-state index >= 15 is 0 Å². The van der Waals surface area contributed by atoms with Crippen molar-refractivity contribution in [1.82, 2.24) is 0 Å². The van der Waals surface area contributed by atoms with E-state index < -0.39 is 0 Å². The van der Waals surface area contributed by atoms with Gasteiger partial charge in [-0.1, -0.05) is 30.3 Å². The number of hydrogen-bond acceptors (Lipinski definition) is 2. The van der Waals surface area contributed by atoms with Crippen molar-refractivity contribution < 1.29 is 4.74 Å². The van der Waals surface area contributed by atoms with Crippen LogP contribution in [-0.2, 0) is 6.54 Å². The number of halogens is 1. The first-order chi connectivity index (χ1) is 6.22. The Balaban J connectivity index is 2.54. The van der Waals surface area contributed by atoms with Crippen LogP contribution in [0.25, 0.3) is 0 Å². The van der Waals surface area contributed by atoms with Gasteiger partial charge in [-0.2, -0.15) is 0 Å². The van der Waals surface area contributed by atoms with Crippen LogP contribution < -0.4 is 10.5 Å². The Bertz CT molecular complexity index is 281. The summed E-state index contributed by atoms with van der Waals surface area (Å²) < 4.78 is 5.29. The monoisotopic (exact) mass is 197 g/mol. The van der Waals surface area contributed by atoms with E-state index in [0.29, 0.717) is 18.2 Å². The maximum absolute atomic E-state index is 5.55. The summed E-state index contributed by atoms with van der Waals surface area (Å²) in [5.41, 5.74) is 6.53. The quantitative estimate of drug-likeness (QED) is 0.804. The zero-order valence-corrected chi connectivity index (χ0v) is 8.05. The molecule has 0 spiro atoms. The minimum atomic E-state index is 0.337. The fourth-order valence-electron chi connectivity index (χ4n) is 0.883. The Labute approximate surface area is 83.0 Å². The van der Waals surface area contributed by atoms with Crippen LogP contribution in [0.5, 0.6) is 5.75 Å². The smallest absolute Gasteiger partial charge is 0.123 e. The molecule has 0 saturated heterocycles. The third-order valence-corrected chi connectivity index (χ3v) is 1.66. The van der Waals surface area contributed by atoms with Crippen molar-refractivity contribution >= 4 is 11.6 Å². The van der Waals surface area contributed by atoms with Gasteiger partial charge in [0.1, 0.15) is 12.4 Å². The first kappa shape index (κ1) is 10.1. The molecule has 0 aliphatic carbocycles. The molecule has 1 aromatic rings. The molecule has 0 saturated carbocycles. The summed E-state index contributed by atoms with van der Waals surface area (Å²) in [6.07, 6.45) is 0. The summed E-state index contributed by atoms with van der Waals surface area (Å²) in [5.74, 6) is 0.777. The van der Waals surface area contributed by atoms with Gasteiger partial charge in [-0.15, -0.1) is 0 Å². The number of benzene rings is 1. The molecule has 3 heteroatoms. The van der Waals surface area contributed by atoms with Crippen molar-refractivity contribution in [2.75, 3.05) is 6.61 Å². The van der Waals surface area contributed by atoms with Gasteiger partial charge in [0.15, 0.2) is 0 Å². The van der Waals surface area contributed by atoms with Gasteiger partial charge in [0, 0.05) is 11.6 Å². The average Bonchev–Trinajstić information content (AvgIpc) is 2.15. The van der Waals surface area contributed by atoms with Crippen LogP contribution in [-0.4, -0.2) is 6.61 Å². The molecule has 1 aromatic carbocycles. The summed E-state index contributed by atoms with van der Waals surface area (Å²) >= 11 is 5.55. The molecule has 0 radical (unpaired) electrons. The van der Waals surface area contributed by atoms with E-state index in [2.05, 4.69) is 6.58 Å². The van der Waals surface area contributed by atoms with E-state index in [9.17, 15) is 0 Å². The van der Waals surface area contributed by atoms with Crippen LogP contribution in [0, 0.1) is 0 Å². The van der Waals surface area contributed by atoms with Crippen molar-refractivity contribution in [3.63, 3.8) is 0 Å². The van der Waals surface area contributed by atoms with Crippen LogP contribution in [0.3, 0.4) is 0 Å². The van der Waals surface area contributed by atoms with Crippen molar-refractivity contribution in [2.45, 2.75) is 6.54 Å². The molecular weight excluding hydrogens is 186 g/mol. The van der Waals surface area contributed by atoms with Gasteiger partial charge in [-0.25, -0.2) is 0 Å². The minimum absolute atomic E-state index is 0.337. The lowest BCUT2D eigenvalue weighted by Gasteiger charge is -2.04. The van der Waals surface area contributed by atoms with Crippen molar-refractivity contribution in [3.05, 3.63) is 41.4 Å². The van der Waals surface area contributed by atoms with E-state index in [1.807, 2.05) is 24.3 Å². The van der Waals surface area contributed by atoms with Gasteiger partial charge < -0.3 is 10.5 Å². The molecule has 0 heterocycles. The lowest BCUT2D eigenvalue weighted by molar-refractivity contribution is 0.359. The summed E-state index contributed by atoms with van der Waals surface area (Å²) in [6, 6.07) is 7.57. The highest BCUT2D eigenvalue weighted by atomic mass is 35.5. The predicted molar refractivity (Wildman–Crippen MR) is 54.8 cm³/mol. The van der Waals surface area contributed by atoms with Gasteiger partial charge >= 0.3 is 0 Å². The zero-order chi connectivity index (χ0) is 9.68. The van der Waals surface area contributed by atoms with E-state index in [0.717, 1.165) is 11.3 Å². The Kier molecular flexibility index (Phi) is 3.80. The second-order valence-electron chi connectivity index (χ2n) is 2.65. The highest BCUT2D eigenvalue weighted by molar-refractivity contribution is 6.29. The lowest BCUT2D eigenvalue weighted by Crippen LogP contribution is -1.98. The molecule has 0 amide bonds. The Morgan fingerprint density at radius 3 is 2.46 bits per heavy atom. The molecule has 1 rings (SSSR count). The van der Waals surface area contributed by atoms with Crippen LogP contribution in [0.1, 0.15) is 5.56 Å². The predicted octanol–water partition coefficient (Wildman–Crippen LogP) is 2.28. The molecule has 2 nitrogen and oxygen atoms in total. The Hall–Kier alpha value is -0.990. The topological polar surface area (TPSA) is 35.2 Å². The minimum Gasteiger partial charge on any atom is -0.488 e. The maximum atomic E-state index is 5.55. The lowest BCUT2D eigenvalue weighted by atomic mass is 10.2. The van der Waals surface area contributed by atoms with Gasteiger partial charge in [0.05, 0.1) is 0 Å². The molecular formula is C10H12ClNO. The molecule has 0 bridgehead atoms. The van der Waals surface area contributed by atoms with E-state index in [1.54, 1.807) is 0 Å². The van der Waals surface area contributed by atoms with Crippen LogP contribution in [0.15, 0.2) is 35.9 Å². The maximum Gasteiger partial charge on any atom is 0.123 e. The normalized spacial score (nSPS) is 9.69. The molecule has 70 valence electrons. The highest BCUT2D eigenvalue weighted by Gasteiger charge is 1.94. The summed E-state index contributed by atoms with van der Waals surface area (Å²) in [4.78, 5) is 0. The third-order valence-electron chi connectivity index (χ3n) is 1.55. The third kappa shape index (κ3) is 3.49. The van der Waals surface area contributed by atoms with E-state index in [-0.39, 0.29) is 0 Å². The number of nitrogens with two attached hydrogens (primary N) is 1. The van der Waals surface area contributed by atoms with Crippen molar-refractivity contribution in [1.29, 1.82) is 0 Å². The molecule has 13 heavy (non-hydrogen) atoms. The van der Waals surface area contributed by atoms with Gasteiger partial charge in [-0.3, -0.25) is 0 Å². The zero-order valence-electron chi connectivity index (χ0n) is 7.29. The molecule has 0 fully saturated rings. The second-order valence-corrected chi connectivity index (χ2v) is 3.19. The van der Waals surface area contributed by atoms with Crippen LogP contribution in [0.2, 0.25) is 0 Å². The van der Waals surface area contributed by atoms with Gasteiger partial charge in [0.25, 0.3) is 0 Å². The molecule has 0 aliphatic rings. The van der Waals surface area contributed by atoms with E-state index in [1.165, 1.54) is 0 Å². The molecule has 2 N–H and O–H groups in total. The SMILES string of the molecule is C=C(Cl)COc1ccc(CN)cc1. The Morgan fingerprint density at radius 1 is 1.38 bits per heavy atom. The number of rotatable bonds is 4. The van der Waals surface area contributed by atoms with Gasteiger partial charge in [-0.05, 0) is 17.7 Å².